The fourth-order valence-electron chi connectivity index (χ4n) is 3.85. The van der Waals surface area contributed by atoms with Gasteiger partial charge in [-0.3, -0.25) is 0 Å². The van der Waals surface area contributed by atoms with Crippen LogP contribution in [0.3, 0.4) is 0 Å². The smallest absolute Gasteiger partial charge is 0.189 e. The fourth-order valence-corrected chi connectivity index (χ4v) is 3.85. The van der Waals surface area contributed by atoms with Crippen molar-refractivity contribution in [2.24, 2.45) is 5.92 Å². The summed E-state index contributed by atoms with van der Waals surface area (Å²) in [6, 6.07) is 9.08. The molecular formula is C22H30O2. The molecule has 2 nitrogen and oxygen atoms in total. The molecule has 1 aromatic carbocycles. The molecule has 1 saturated heterocycles. The Bertz CT molecular complexity index is 597. The molecule has 4 rings (SSSR count). The third-order valence-electron chi connectivity index (χ3n) is 5.14. The van der Waals surface area contributed by atoms with Gasteiger partial charge in [0.2, 0.25) is 0 Å². The maximum absolute atomic E-state index is 5.57. The topological polar surface area (TPSA) is 18.5 Å². The molecule has 130 valence electrons. The highest BCUT2D eigenvalue weighted by Crippen LogP contribution is 2.43. The fraction of sp³-hybridized carbons (Fsp3) is 0.545. The maximum atomic E-state index is 5.57. The van der Waals surface area contributed by atoms with Crippen LogP contribution >= 0.6 is 0 Å². The first-order chi connectivity index (χ1) is 11.7. The molecule has 3 aliphatic rings. The average molecular weight is 326 g/mol. The Morgan fingerprint density at radius 1 is 1.04 bits per heavy atom. The van der Waals surface area contributed by atoms with Gasteiger partial charge in [-0.15, -0.1) is 0 Å². The first-order valence-corrected chi connectivity index (χ1v) is 9.43. The second kappa shape index (κ2) is 8.02. The third kappa shape index (κ3) is 3.92. The van der Waals surface area contributed by atoms with Crippen molar-refractivity contribution < 1.29 is 9.47 Å². The molecule has 0 radical (unpaired) electrons. The summed E-state index contributed by atoms with van der Waals surface area (Å²) in [4.78, 5) is 0. The van der Waals surface area contributed by atoms with Gasteiger partial charge in [0.05, 0.1) is 0 Å². The number of benzene rings is 1. The summed E-state index contributed by atoms with van der Waals surface area (Å²) < 4.78 is 11.1. The minimum Gasteiger partial charge on any atom is -0.469 e. The van der Waals surface area contributed by atoms with Crippen LogP contribution in [0, 0.1) is 12.8 Å². The predicted octanol–water partition coefficient (Wildman–Crippen LogP) is 5.88. The van der Waals surface area contributed by atoms with Crippen molar-refractivity contribution in [2.45, 2.75) is 64.9 Å². The lowest BCUT2D eigenvalue weighted by molar-refractivity contribution is 0.0508. The first kappa shape index (κ1) is 17.3. The SMILES string of the molecule is CCC.Cc1ccc(C2CCC(C3=CCC4OCOC4=C3)C2)cc1. The molecule has 1 saturated carbocycles. The normalized spacial score (nSPS) is 28.2. The zero-order chi connectivity index (χ0) is 16.9. The van der Waals surface area contributed by atoms with Gasteiger partial charge in [-0.1, -0.05) is 56.2 Å². The molecule has 0 amide bonds. The Morgan fingerprint density at radius 3 is 2.50 bits per heavy atom. The maximum Gasteiger partial charge on any atom is 0.189 e. The van der Waals surface area contributed by atoms with E-state index in [9.17, 15) is 0 Å². The van der Waals surface area contributed by atoms with E-state index in [0.29, 0.717) is 18.6 Å². The minimum atomic E-state index is 0.183. The molecule has 2 heteroatoms. The molecule has 0 bridgehead atoms. The van der Waals surface area contributed by atoms with Crippen LogP contribution in [0.2, 0.25) is 0 Å². The van der Waals surface area contributed by atoms with Gasteiger partial charge in [-0.05, 0) is 61.7 Å². The summed E-state index contributed by atoms with van der Waals surface area (Å²) in [6.07, 6.45) is 10.9. The van der Waals surface area contributed by atoms with Gasteiger partial charge < -0.3 is 9.47 Å². The van der Waals surface area contributed by atoms with Crippen molar-refractivity contribution in [2.75, 3.05) is 6.79 Å². The number of ether oxygens (including phenoxy) is 2. The van der Waals surface area contributed by atoms with Crippen LogP contribution in [-0.2, 0) is 9.47 Å². The number of hydrogen-bond donors (Lipinski definition) is 0. The lowest BCUT2D eigenvalue weighted by Gasteiger charge is -2.19. The van der Waals surface area contributed by atoms with Gasteiger partial charge in [-0.2, -0.15) is 0 Å². The van der Waals surface area contributed by atoms with E-state index in [1.807, 2.05) is 0 Å². The van der Waals surface area contributed by atoms with E-state index in [1.165, 1.54) is 42.4 Å². The van der Waals surface area contributed by atoms with Crippen molar-refractivity contribution in [3.63, 3.8) is 0 Å². The number of aryl methyl sites for hydroxylation is 1. The summed E-state index contributed by atoms with van der Waals surface area (Å²) in [5.41, 5.74) is 4.32. The van der Waals surface area contributed by atoms with E-state index in [4.69, 9.17) is 9.47 Å². The Morgan fingerprint density at radius 2 is 1.75 bits per heavy atom. The lowest BCUT2D eigenvalue weighted by Crippen LogP contribution is -2.12. The van der Waals surface area contributed by atoms with Gasteiger partial charge in [-0.25, -0.2) is 0 Å². The van der Waals surface area contributed by atoms with E-state index >= 15 is 0 Å². The highest BCUT2D eigenvalue weighted by atomic mass is 16.7. The van der Waals surface area contributed by atoms with E-state index in [-0.39, 0.29) is 6.10 Å². The lowest BCUT2D eigenvalue weighted by atomic mass is 9.89. The minimum absolute atomic E-state index is 0.183. The number of fused-ring (bicyclic) bond motifs is 1. The zero-order valence-corrected chi connectivity index (χ0v) is 15.3. The average Bonchev–Trinajstić information content (AvgIpc) is 3.25. The van der Waals surface area contributed by atoms with Gasteiger partial charge in [0.25, 0.3) is 0 Å². The van der Waals surface area contributed by atoms with Crippen molar-refractivity contribution in [1.82, 2.24) is 0 Å². The molecule has 0 aromatic heterocycles. The van der Waals surface area contributed by atoms with Crippen molar-refractivity contribution >= 4 is 0 Å². The van der Waals surface area contributed by atoms with Crippen LogP contribution in [0.25, 0.3) is 0 Å². The van der Waals surface area contributed by atoms with E-state index in [1.54, 1.807) is 0 Å². The van der Waals surface area contributed by atoms with E-state index < -0.39 is 0 Å². The first-order valence-electron chi connectivity index (χ1n) is 9.43. The Labute approximate surface area is 146 Å². The monoisotopic (exact) mass is 326 g/mol. The number of hydrogen-bond acceptors (Lipinski definition) is 2. The Hall–Kier alpha value is -1.54. The molecule has 24 heavy (non-hydrogen) atoms. The summed E-state index contributed by atoms with van der Waals surface area (Å²) in [6.45, 7) is 6.83. The van der Waals surface area contributed by atoms with E-state index in [2.05, 4.69) is 57.2 Å². The quantitative estimate of drug-likeness (QED) is 0.675. The predicted molar refractivity (Wildman–Crippen MR) is 98.8 cm³/mol. The molecule has 2 fully saturated rings. The van der Waals surface area contributed by atoms with E-state index in [0.717, 1.165) is 12.2 Å². The van der Waals surface area contributed by atoms with Gasteiger partial charge in [0.15, 0.2) is 6.79 Å². The molecular weight excluding hydrogens is 296 g/mol. The van der Waals surface area contributed by atoms with Gasteiger partial charge >= 0.3 is 0 Å². The Balaban J connectivity index is 0.000000526. The van der Waals surface area contributed by atoms with Crippen molar-refractivity contribution in [1.29, 1.82) is 0 Å². The molecule has 0 spiro atoms. The Kier molecular flexibility index (Phi) is 5.78. The molecule has 2 aliphatic carbocycles. The summed E-state index contributed by atoms with van der Waals surface area (Å²) in [5.74, 6) is 2.45. The number of allylic oxidation sites excluding steroid dienone is 2. The molecule has 3 atom stereocenters. The molecule has 1 aliphatic heterocycles. The highest BCUT2D eigenvalue weighted by molar-refractivity contribution is 5.33. The van der Waals surface area contributed by atoms with Gasteiger partial charge in [0, 0.05) is 0 Å². The van der Waals surface area contributed by atoms with Crippen LogP contribution in [-0.4, -0.2) is 12.9 Å². The van der Waals surface area contributed by atoms with Crippen molar-refractivity contribution in [3.8, 4) is 0 Å². The molecule has 1 heterocycles. The standard InChI is InChI=1S/C19H22O2.C3H8/c1-13-2-4-14(5-3-13)15-6-7-16(10-15)17-8-9-18-19(11-17)21-12-20-18;1-3-2/h2-5,8,11,15-16,18H,6-7,9-10,12H2,1H3;3H2,1-2H3. The van der Waals surface area contributed by atoms with Crippen LogP contribution < -0.4 is 0 Å². The zero-order valence-electron chi connectivity index (χ0n) is 15.3. The second-order valence-corrected chi connectivity index (χ2v) is 7.23. The van der Waals surface area contributed by atoms with Crippen LogP contribution in [0.15, 0.2) is 47.7 Å². The largest absolute Gasteiger partial charge is 0.469 e. The molecule has 3 unspecified atom stereocenters. The summed E-state index contributed by atoms with van der Waals surface area (Å²) >= 11 is 0. The summed E-state index contributed by atoms with van der Waals surface area (Å²) in [7, 11) is 0. The van der Waals surface area contributed by atoms with Crippen LogP contribution in [0.5, 0.6) is 0 Å². The summed E-state index contributed by atoms with van der Waals surface area (Å²) in [5, 5.41) is 0. The third-order valence-corrected chi connectivity index (χ3v) is 5.14. The van der Waals surface area contributed by atoms with Crippen molar-refractivity contribution in [3.05, 3.63) is 58.9 Å². The van der Waals surface area contributed by atoms with Crippen LogP contribution in [0.1, 0.15) is 63.0 Å². The van der Waals surface area contributed by atoms with Crippen LogP contribution in [0.4, 0.5) is 0 Å². The highest BCUT2D eigenvalue weighted by Gasteiger charge is 2.32. The molecule has 1 aromatic rings. The molecule has 0 N–H and O–H groups in total. The van der Waals surface area contributed by atoms with Gasteiger partial charge in [0.1, 0.15) is 11.9 Å². The second-order valence-electron chi connectivity index (χ2n) is 7.23. The number of rotatable bonds is 2.